The molecule has 0 bridgehead atoms. The highest BCUT2D eigenvalue weighted by Gasteiger charge is 2.23. The molecule has 2 unspecified atom stereocenters. The second-order valence-corrected chi connectivity index (χ2v) is 6.21. The van der Waals surface area contributed by atoms with Gasteiger partial charge in [0.2, 0.25) is 5.91 Å². The zero-order valence-electron chi connectivity index (χ0n) is 12.8. The average molecular weight is 274 g/mol. The fourth-order valence-corrected chi connectivity index (χ4v) is 2.75. The first-order valence-corrected chi connectivity index (χ1v) is 7.69. The SMILES string of the molecule is CC(C)c1ccc(NC(=O)CC2NCCCC2C)cc1. The summed E-state index contributed by atoms with van der Waals surface area (Å²) in [5.41, 5.74) is 2.19. The number of anilines is 1. The number of amides is 1. The van der Waals surface area contributed by atoms with E-state index >= 15 is 0 Å². The predicted octanol–water partition coefficient (Wildman–Crippen LogP) is 3.53. The van der Waals surface area contributed by atoms with Gasteiger partial charge in [0, 0.05) is 18.2 Å². The molecule has 0 aliphatic carbocycles. The van der Waals surface area contributed by atoms with E-state index in [1.165, 1.54) is 18.4 Å². The molecule has 1 saturated heterocycles. The second-order valence-electron chi connectivity index (χ2n) is 6.21. The predicted molar refractivity (Wildman–Crippen MR) is 84.0 cm³/mol. The Labute approximate surface area is 122 Å². The summed E-state index contributed by atoms with van der Waals surface area (Å²) < 4.78 is 0. The molecule has 1 aliphatic heterocycles. The Balaban J connectivity index is 1.87. The fourth-order valence-electron chi connectivity index (χ4n) is 2.75. The van der Waals surface area contributed by atoms with Crippen LogP contribution >= 0.6 is 0 Å². The highest BCUT2D eigenvalue weighted by atomic mass is 16.1. The molecule has 0 radical (unpaired) electrons. The highest BCUT2D eigenvalue weighted by molar-refractivity contribution is 5.91. The van der Waals surface area contributed by atoms with Crippen LogP contribution in [-0.4, -0.2) is 18.5 Å². The molecule has 0 aromatic heterocycles. The van der Waals surface area contributed by atoms with Crippen molar-refractivity contribution < 1.29 is 4.79 Å². The lowest BCUT2D eigenvalue weighted by Crippen LogP contribution is -2.42. The lowest BCUT2D eigenvalue weighted by atomic mass is 9.90. The first-order chi connectivity index (χ1) is 9.56. The van der Waals surface area contributed by atoms with E-state index in [-0.39, 0.29) is 5.91 Å². The number of carbonyl (C=O) groups excluding carboxylic acids is 1. The van der Waals surface area contributed by atoms with Crippen molar-refractivity contribution in [2.24, 2.45) is 5.92 Å². The molecule has 1 aliphatic rings. The Bertz CT molecular complexity index is 439. The quantitative estimate of drug-likeness (QED) is 0.882. The first kappa shape index (κ1) is 15.0. The summed E-state index contributed by atoms with van der Waals surface area (Å²) >= 11 is 0. The summed E-state index contributed by atoms with van der Waals surface area (Å²) in [7, 11) is 0. The molecule has 1 heterocycles. The Morgan fingerprint density at radius 2 is 2.05 bits per heavy atom. The Morgan fingerprint density at radius 1 is 1.35 bits per heavy atom. The maximum atomic E-state index is 12.1. The molecule has 2 rings (SSSR count). The van der Waals surface area contributed by atoms with Gasteiger partial charge in [-0.2, -0.15) is 0 Å². The molecule has 3 heteroatoms. The molecule has 1 aromatic rings. The molecular formula is C17H26N2O. The van der Waals surface area contributed by atoms with Gasteiger partial charge in [0.15, 0.2) is 0 Å². The Morgan fingerprint density at radius 3 is 2.65 bits per heavy atom. The van der Waals surface area contributed by atoms with E-state index < -0.39 is 0 Å². The van der Waals surface area contributed by atoms with Crippen LogP contribution in [0.4, 0.5) is 5.69 Å². The van der Waals surface area contributed by atoms with Gasteiger partial charge in [0.25, 0.3) is 0 Å². The molecule has 3 nitrogen and oxygen atoms in total. The molecule has 2 N–H and O–H groups in total. The third-order valence-corrected chi connectivity index (χ3v) is 4.20. The van der Waals surface area contributed by atoms with Crippen molar-refractivity contribution in [3.05, 3.63) is 29.8 Å². The Kier molecular flexibility index (Phi) is 5.18. The van der Waals surface area contributed by atoms with Crippen LogP contribution in [0, 0.1) is 5.92 Å². The second kappa shape index (κ2) is 6.89. The fraction of sp³-hybridized carbons (Fsp3) is 0.588. The molecular weight excluding hydrogens is 248 g/mol. The first-order valence-electron chi connectivity index (χ1n) is 7.69. The minimum atomic E-state index is 0.105. The van der Waals surface area contributed by atoms with Gasteiger partial charge in [-0.1, -0.05) is 32.9 Å². The van der Waals surface area contributed by atoms with E-state index in [1.807, 2.05) is 12.1 Å². The minimum absolute atomic E-state index is 0.105. The summed E-state index contributed by atoms with van der Waals surface area (Å²) in [5.74, 6) is 1.21. The number of hydrogen-bond donors (Lipinski definition) is 2. The summed E-state index contributed by atoms with van der Waals surface area (Å²) in [4.78, 5) is 12.1. The van der Waals surface area contributed by atoms with Gasteiger partial charge < -0.3 is 10.6 Å². The third-order valence-electron chi connectivity index (χ3n) is 4.20. The van der Waals surface area contributed by atoms with Crippen molar-refractivity contribution in [2.45, 2.75) is 52.0 Å². The van der Waals surface area contributed by atoms with Crippen LogP contribution in [0.5, 0.6) is 0 Å². The van der Waals surface area contributed by atoms with Crippen LogP contribution in [0.1, 0.15) is 51.5 Å². The zero-order valence-corrected chi connectivity index (χ0v) is 12.8. The number of carbonyl (C=O) groups is 1. The maximum Gasteiger partial charge on any atom is 0.225 e. The Hall–Kier alpha value is -1.35. The van der Waals surface area contributed by atoms with E-state index in [0.717, 1.165) is 12.2 Å². The molecule has 1 fully saturated rings. The third kappa shape index (κ3) is 4.07. The van der Waals surface area contributed by atoms with Crippen molar-refractivity contribution in [1.82, 2.24) is 5.32 Å². The van der Waals surface area contributed by atoms with Gasteiger partial charge in [-0.25, -0.2) is 0 Å². The number of benzene rings is 1. The van der Waals surface area contributed by atoms with E-state index in [4.69, 9.17) is 0 Å². The van der Waals surface area contributed by atoms with Gasteiger partial charge in [0.05, 0.1) is 0 Å². The summed E-state index contributed by atoms with van der Waals surface area (Å²) in [6, 6.07) is 8.47. The van der Waals surface area contributed by atoms with Crippen LogP contribution in [0.3, 0.4) is 0 Å². The van der Waals surface area contributed by atoms with Crippen LogP contribution in [-0.2, 0) is 4.79 Å². The van der Waals surface area contributed by atoms with Gasteiger partial charge in [-0.05, 0) is 48.9 Å². The van der Waals surface area contributed by atoms with Crippen molar-refractivity contribution in [3.63, 3.8) is 0 Å². The molecule has 2 atom stereocenters. The normalized spacial score (nSPS) is 22.8. The van der Waals surface area contributed by atoms with Crippen LogP contribution in [0.2, 0.25) is 0 Å². The lowest BCUT2D eigenvalue weighted by Gasteiger charge is -2.29. The van der Waals surface area contributed by atoms with Gasteiger partial charge in [-0.15, -0.1) is 0 Å². The van der Waals surface area contributed by atoms with E-state index in [2.05, 4.69) is 43.5 Å². The highest BCUT2D eigenvalue weighted by Crippen LogP contribution is 2.20. The summed E-state index contributed by atoms with van der Waals surface area (Å²) in [5, 5.41) is 6.45. The summed E-state index contributed by atoms with van der Waals surface area (Å²) in [6.45, 7) is 7.60. The standard InChI is InChI=1S/C17H26N2O/c1-12(2)14-6-8-15(9-7-14)19-17(20)11-16-13(3)5-4-10-18-16/h6-9,12-13,16,18H,4-5,10-11H2,1-3H3,(H,19,20). The molecule has 20 heavy (non-hydrogen) atoms. The van der Waals surface area contributed by atoms with Gasteiger partial charge in [0.1, 0.15) is 0 Å². The molecule has 110 valence electrons. The molecule has 0 saturated carbocycles. The monoisotopic (exact) mass is 274 g/mol. The van der Waals surface area contributed by atoms with Crippen LogP contribution < -0.4 is 10.6 Å². The smallest absolute Gasteiger partial charge is 0.225 e. The molecule has 1 aromatic carbocycles. The van der Waals surface area contributed by atoms with Crippen LogP contribution in [0.25, 0.3) is 0 Å². The largest absolute Gasteiger partial charge is 0.326 e. The number of nitrogens with one attached hydrogen (secondary N) is 2. The molecule has 0 spiro atoms. The van der Waals surface area contributed by atoms with Crippen molar-refractivity contribution in [2.75, 3.05) is 11.9 Å². The van der Waals surface area contributed by atoms with Crippen molar-refractivity contribution in [1.29, 1.82) is 0 Å². The van der Waals surface area contributed by atoms with E-state index in [1.54, 1.807) is 0 Å². The summed E-state index contributed by atoms with van der Waals surface area (Å²) in [6.07, 6.45) is 3.00. The number of rotatable bonds is 4. The zero-order chi connectivity index (χ0) is 14.5. The minimum Gasteiger partial charge on any atom is -0.326 e. The lowest BCUT2D eigenvalue weighted by molar-refractivity contribution is -0.117. The van der Waals surface area contributed by atoms with E-state index in [0.29, 0.717) is 24.3 Å². The van der Waals surface area contributed by atoms with Gasteiger partial charge >= 0.3 is 0 Å². The van der Waals surface area contributed by atoms with E-state index in [9.17, 15) is 4.79 Å². The van der Waals surface area contributed by atoms with Crippen molar-refractivity contribution in [3.8, 4) is 0 Å². The molecule has 1 amide bonds. The maximum absolute atomic E-state index is 12.1. The van der Waals surface area contributed by atoms with Gasteiger partial charge in [-0.3, -0.25) is 4.79 Å². The van der Waals surface area contributed by atoms with Crippen molar-refractivity contribution >= 4 is 11.6 Å². The average Bonchev–Trinajstić information content (AvgIpc) is 2.42. The number of piperidine rings is 1. The number of hydrogen-bond acceptors (Lipinski definition) is 2. The topological polar surface area (TPSA) is 41.1 Å². The van der Waals surface area contributed by atoms with Crippen LogP contribution in [0.15, 0.2) is 24.3 Å².